The monoisotopic (exact) mass is 382 g/mol. The van der Waals surface area contributed by atoms with E-state index in [1.807, 2.05) is 36.4 Å². The van der Waals surface area contributed by atoms with Crippen LogP contribution in [0.1, 0.15) is 18.4 Å². The van der Waals surface area contributed by atoms with E-state index in [2.05, 4.69) is 27.2 Å². The number of phenols is 1. The quantitative estimate of drug-likeness (QED) is 0.722. The van der Waals surface area contributed by atoms with Gasteiger partial charge in [-0.15, -0.1) is 12.4 Å². The number of anilines is 1. The lowest BCUT2D eigenvalue weighted by atomic mass is 9.82. The van der Waals surface area contributed by atoms with Crippen LogP contribution in [0.5, 0.6) is 5.75 Å². The van der Waals surface area contributed by atoms with Crippen LogP contribution in [0.25, 0.3) is 11.3 Å². The van der Waals surface area contributed by atoms with E-state index in [4.69, 9.17) is 5.73 Å². The number of para-hydroxylation sites is 1. The van der Waals surface area contributed by atoms with Gasteiger partial charge in [-0.3, -0.25) is 0 Å². The second kappa shape index (κ2) is 7.94. The molecule has 0 bridgehead atoms. The molecular weight excluding hydrogens is 360 g/mol. The van der Waals surface area contributed by atoms with Gasteiger partial charge in [-0.1, -0.05) is 42.5 Å². The fraction of sp³-hybridized carbons (Fsp3) is 0.238. The molecule has 3 aromatic rings. The number of benzene rings is 2. The van der Waals surface area contributed by atoms with Crippen LogP contribution in [0.4, 0.5) is 5.69 Å². The molecule has 0 saturated carbocycles. The maximum Gasteiger partial charge on any atom is 0.125 e. The third kappa shape index (κ3) is 3.89. The van der Waals surface area contributed by atoms with Gasteiger partial charge in [0.2, 0.25) is 0 Å². The summed E-state index contributed by atoms with van der Waals surface area (Å²) in [7, 11) is 0. The molecule has 2 aromatic carbocycles. The first-order valence-electron chi connectivity index (χ1n) is 8.86. The Morgan fingerprint density at radius 1 is 0.963 bits per heavy atom. The summed E-state index contributed by atoms with van der Waals surface area (Å²) in [6, 6.07) is 19.5. The van der Waals surface area contributed by atoms with Crippen LogP contribution in [0.15, 0.2) is 66.9 Å². The fourth-order valence-corrected chi connectivity index (χ4v) is 3.57. The molecular formula is C21H23ClN4O. The molecule has 1 aromatic heterocycles. The number of rotatable bonds is 3. The highest BCUT2D eigenvalue weighted by molar-refractivity contribution is 5.85. The lowest BCUT2D eigenvalue weighted by Gasteiger charge is -2.40. The van der Waals surface area contributed by atoms with E-state index in [9.17, 15) is 5.11 Å². The van der Waals surface area contributed by atoms with Gasteiger partial charge in [0.25, 0.3) is 0 Å². The zero-order valence-corrected chi connectivity index (χ0v) is 15.8. The van der Waals surface area contributed by atoms with E-state index in [0.29, 0.717) is 11.3 Å². The summed E-state index contributed by atoms with van der Waals surface area (Å²) in [6.07, 6.45) is 3.53. The van der Waals surface area contributed by atoms with Gasteiger partial charge in [-0.05, 0) is 36.6 Å². The van der Waals surface area contributed by atoms with Crippen LogP contribution in [0, 0.1) is 0 Å². The van der Waals surface area contributed by atoms with E-state index in [1.54, 1.807) is 18.3 Å². The predicted molar refractivity (Wildman–Crippen MR) is 110 cm³/mol. The molecule has 6 heteroatoms. The van der Waals surface area contributed by atoms with Crippen molar-refractivity contribution in [1.29, 1.82) is 0 Å². The molecule has 1 aliphatic rings. The van der Waals surface area contributed by atoms with E-state index < -0.39 is 0 Å². The molecule has 0 aliphatic carbocycles. The zero-order valence-electron chi connectivity index (χ0n) is 15.0. The minimum atomic E-state index is -0.279. The van der Waals surface area contributed by atoms with Crippen molar-refractivity contribution < 1.29 is 5.11 Å². The maximum absolute atomic E-state index is 10.1. The highest BCUT2D eigenvalue weighted by Gasteiger charge is 2.32. The summed E-state index contributed by atoms with van der Waals surface area (Å²) >= 11 is 0. The van der Waals surface area contributed by atoms with E-state index in [1.165, 1.54) is 5.56 Å². The van der Waals surface area contributed by atoms with Gasteiger partial charge in [-0.25, -0.2) is 0 Å². The summed E-state index contributed by atoms with van der Waals surface area (Å²) in [6.45, 7) is 1.72. The third-order valence-corrected chi connectivity index (χ3v) is 5.19. The molecule has 4 rings (SSSR count). The van der Waals surface area contributed by atoms with Crippen molar-refractivity contribution >= 4 is 18.1 Å². The number of aromatic nitrogens is 2. The Hall–Kier alpha value is -2.63. The largest absolute Gasteiger partial charge is 0.507 e. The SMILES string of the molecule is Cl.NC1(c2ccccc2)CCN(c2cnnc(-c3ccccc3O)c2)CC1. The molecule has 3 N–H and O–H groups in total. The van der Waals surface area contributed by atoms with Crippen molar-refractivity contribution in [2.75, 3.05) is 18.0 Å². The summed E-state index contributed by atoms with van der Waals surface area (Å²) in [4.78, 5) is 2.28. The second-order valence-corrected chi connectivity index (χ2v) is 6.83. The highest BCUT2D eigenvalue weighted by atomic mass is 35.5. The molecule has 1 saturated heterocycles. The van der Waals surface area contributed by atoms with E-state index in [0.717, 1.165) is 31.6 Å². The van der Waals surface area contributed by atoms with Crippen molar-refractivity contribution in [1.82, 2.24) is 10.2 Å². The number of phenolic OH excluding ortho intramolecular Hbond substituents is 1. The molecule has 1 fully saturated rings. The van der Waals surface area contributed by atoms with Crippen LogP contribution in [0.2, 0.25) is 0 Å². The molecule has 0 unspecified atom stereocenters. The standard InChI is InChI=1S/C21H22N4O.ClH/c22-21(16-6-2-1-3-7-16)10-12-25(13-11-21)17-14-19(24-23-15-17)18-8-4-5-9-20(18)26;/h1-9,14-15,26H,10-13,22H2;1H. The predicted octanol–water partition coefficient (Wildman–Crippen LogP) is 3.73. The molecule has 5 nitrogen and oxygen atoms in total. The minimum absolute atomic E-state index is 0. The minimum Gasteiger partial charge on any atom is -0.507 e. The number of aromatic hydroxyl groups is 1. The molecule has 0 spiro atoms. The summed E-state index contributed by atoms with van der Waals surface area (Å²) in [5, 5.41) is 18.4. The van der Waals surface area contributed by atoms with E-state index >= 15 is 0 Å². The third-order valence-electron chi connectivity index (χ3n) is 5.19. The molecule has 1 aliphatic heterocycles. The van der Waals surface area contributed by atoms with Crippen molar-refractivity contribution in [3.8, 4) is 17.0 Å². The van der Waals surface area contributed by atoms with Gasteiger partial charge >= 0.3 is 0 Å². The van der Waals surface area contributed by atoms with Gasteiger partial charge in [0.1, 0.15) is 5.75 Å². The van der Waals surface area contributed by atoms with E-state index in [-0.39, 0.29) is 23.7 Å². The number of nitrogens with two attached hydrogens (primary N) is 1. The van der Waals surface area contributed by atoms with Crippen LogP contribution < -0.4 is 10.6 Å². The van der Waals surface area contributed by atoms with Gasteiger partial charge in [-0.2, -0.15) is 10.2 Å². The Morgan fingerprint density at radius 2 is 1.63 bits per heavy atom. The first-order valence-corrected chi connectivity index (χ1v) is 8.86. The lowest BCUT2D eigenvalue weighted by Crippen LogP contribution is -2.48. The van der Waals surface area contributed by atoms with Crippen molar-refractivity contribution in [3.63, 3.8) is 0 Å². The number of halogens is 1. The summed E-state index contributed by atoms with van der Waals surface area (Å²) in [5.41, 5.74) is 9.96. The van der Waals surface area contributed by atoms with Crippen LogP contribution >= 0.6 is 12.4 Å². The zero-order chi connectivity index (χ0) is 18.0. The fourth-order valence-electron chi connectivity index (χ4n) is 3.57. The Balaban J connectivity index is 0.00000210. The molecule has 0 atom stereocenters. The summed E-state index contributed by atoms with van der Waals surface area (Å²) < 4.78 is 0. The second-order valence-electron chi connectivity index (χ2n) is 6.83. The number of nitrogens with zero attached hydrogens (tertiary/aromatic N) is 3. The highest BCUT2D eigenvalue weighted by Crippen LogP contribution is 2.34. The molecule has 27 heavy (non-hydrogen) atoms. The first kappa shape index (κ1) is 19.1. The van der Waals surface area contributed by atoms with Crippen LogP contribution in [-0.2, 0) is 5.54 Å². The molecule has 2 heterocycles. The number of hydrogen-bond acceptors (Lipinski definition) is 5. The van der Waals surface area contributed by atoms with Crippen molar-refractivity contribution in [2.24, 2.45) is 5.73 Å². The molecule has 0 radical (unpaired) electrons. The van der Waals surface area contributed by atoms with Crippen molar-refractivity contribution in [2.45, 2.75) is 18.4 Å². The number of hydrogen-bond donors (Lipinski definition) is 2. The van der Waals surface area contributed by atoms with Gasteiger partial charge < -0.3 is 15.7 Å². The topological polar surface area (TPSA) is 75.3 Å². The smallest absolute Gasteiger partial charge is 0.125 e. The maximum atomic E-state index is 10.1. The average Bonchev–Trinajstić information content (AvgIpc) is 2.70. The Bertz CT molecular complexity index is 895. The van der Waals surface area contributed by atoms with Gasteiger partial charge in [0.05, 0.1) is 17.6 Å². The summed E-state index contributed by atoms with van der Waals surface area (Å²) in [5.74, 6) is 0.211. The Kier molecular flexibility index (Phi) is 5.63. The Labute approximate surface area is 165 Å². The van der Waals surface area contributed by atoms with Gasteiger partial charge in [0.15, 0.2) is 0 Å². The Morgan fingerprint density at radius 3 is 2.33 bits per heavy atom. The molecule has 0 amide bonds. The average molecular weight is 383 g/mol. The molecule has 140 valence electrons. The lowest BCUT2D eigenvalue weighted by molar-refractivity contribution is 0.342. The van der Waals surface area contributed by atoms with Crippen LogP contribution in [0.3, 0.4) is 0 Å². The normalized spacial score (nSPS) is 15.8. The van der Waals surface area contributed by atoms with Crippen molar-refractivity contribution in [3.05, 3.63) is 72.4 Å². The first-order chi connectivity index (χ1) is 12.7. The van der Waals surface area contributed by atoms with Crippen LogP contribution in [-0.4, -0.2) is 28.4 Å². The number of piperidine rings is 1. The van der Waals surface area contributed by atoms with Gasteiger partial charge in [0, 0.05) is 24.2 Å².